The van der Waals surface area contributed by atoms with Crippen molar-refractivity contribution < 1.29 is 4.79 Å². The second-order valence-electron chi connectivity index (χ2n) is 3.96. The first-order valence-corrected chi connectivity index (χ1v) is 6.85. The summed E-state index contributed by atoms with van der Waals surface area (Å²) in [5.74, 6) is -0.165. The van der Waals surface area contributed by atoms with E-state index in [1.54, 1.807) is 25.3 Å². The normalized spacial score (nSPS) is 10.6. The maximum Gasteiger partial charge on any atom is 0.256 e. The van der Waals surface area contributed by atoms with Crippen LogP contribution in [0.1, 0.15) is 20.9 Å². The summed E-state index contributed by atoms with van der Waals surface area (Å²) in [6.07, 6.45) is 0.834. The first kappa shape index (κ1) is 13.1. The first-order chi connectivity index (χ1) is 8.59. The average Bonchev–Trinajstić information content (AvgIpc) is 2.89. The highest BCUT2D eigenvalue weighted by molar-refractivity contribution is 7.09. The van der Waals surface area contributed by atoms with Gasteiger partial charge in [-0.3, -0.25) is 9.48 Å². The minimum atomic E-state index is -0.165. The van der Waals surface area contributed by atoms with E-state index in [-0.39, 0.29) is 5.91 Å². The number of rotatable bonds is 4. The first-order valence-electron chi connectivity index (χ1n) is 5.59. The summed E-state index contributed by atoms with van der Waals surface area (Å²) < 4.78 is 1.51. The SMILES string of the molecule is Cc1nn(C)c(Cl)c1C(=O)NCCc1cccs1. The van der Waals surface area contributed by atoms with Crippen molar-refractivity contribution in [1.82, 2.24) is 15.1 Å². The van der Waals surface area contributed by atoms with Crippen LogP contribution in [-0.4, -0.2) is 22.2 Å². The molecule has 0 spiro atoms. The van der Waals surface area contributed by atoms with Gasteiger partial charge in [0.1, 0.15) is 5.15 Å². The Labute approximate surface area is 115 Å². The number of amides is 1. The van der Waals surface area contributed by atoms with E-state index in [9.17, 15) is 4.79 Å². The molecule has 0 aliphatic heterocycles. The molecule has 2 heterocycles. The molecule has 0 aliphatic carbocycles. The predicted octanol–water partition coefficient (Wildman–Crippen LogP) is 2.42. The molecule has 1 amide bonds. The van der Waals surface area contributed by atoms with Crippen molar-refractivity contribution >= 4 is 28.8 Å². The van der Waals surface area contributed by atoms with E-state index in [1.807, 2.05) is 11.4 Å². The zero-order chi connectivity index (χ0) is 13.1. The molecule has 0 radical (unpaired) electrons. The summed E-state index contributed by atoms with van der Waals surface area (Å²) in [4.78, 5) is 13.2. The summed E-state index contributed by atoms with van der Waals surface area (Å²) in [7, 11) is 1.72. The Morgan fingerprint density at radius 1 is 1.61 bits per heavy atom. The highest BCUT2D eigenvalue weighted by atomic mass is 35.5. The van der Waals surface area contributed by atoms with Gasteiger partial charge in [0, 0.05) is 18.5 Å². The van der Waals surface area contributed by atoms with Crippen molar-refractivity contribution in [2.75, 3.05) is 6.54 Å². The van der Waals surface area contributed by atoms with E-state index >= 15 is 0 Å². The van der Waals surface area contributed by atoms with Crippen LogP contribution in [0.3, 0.4) is 0 Å². The molecule has 2 rings (SSSR count). The summed E-state index contributed by atoms with van der Waals surface area (Å²) in [6.45, 7) is 2.38. The Balaban J connectivity index is 1.95. The van der Waals surface area contributed by atoms with Crippen LogP contribution in [0.2, 0.25) is 5.15 Å². The molecule has 0 unspecified atom stereocenters. The third-order valence-electron chi connectivity index (χ3n) is 2.62. The molecule has 0 aromatic carbocycles. The van der Waals surface area contributed by atoms with Crippen molar-refractivity contribution in [2.45, 2.75) is 13.3 Å². The van der Waals surface area contributed by atoms with Gasteiger partial charge in [0.15, 0.2) is 0 Å². The number of hydrogen-bond acceptors (Lipinski definition) is 3. The molecule has 18 heavy (non-hydrogen) atoms. The summed E-state index contributed by atoms with van der Waals surface area (Å²) in [6, 6.07) is 4.06. The lowest BCUT2D eigenvalue weighted by Gasteiger charge is -2.03. The fourth-order valence-electron chi connectivity index (χ4n) is 1.73. The van der Waals surface area contributed by atoms with Gasteiger partial charge in [-0.05, 0) is 24.8 Å². The van der Waals surface area contributed by atoms with Crippen molar-refractivity contribution in [3.63, 3.8) is 0 Å². The molecular weight excluding hydrogens is 270 g/mol. The van der Waals surface area contributed by atoms with Gasteiger partial charge in [-0.15, -0.1) is 11.3 Å². The third-order valence-corrected chi connectivity index (χ3v) is 3.99. The monoisotopic (exact) mass is 283 g/mol. The number of nitrogens with zero attached hydrogens (tertiary/aromatic N) is 2. The lowest BCUT2D eigenvalue weighted by atomic mass is 10.2. The number of aromatic nitrogens is 2. The van der Waals surface area contributed by atoms with Crippen LogP contribution in [-0.2, 0) is 13.5 Å². The van der Waals surface area contributed by atoms with Crippen molar-refractivity contribution in [3.05, 3.63) is 38.8 Å². The highest BCUT2D eigenvalue weighted by Gasteiger charge is 2.18. The molecule has 0 aliphatic rings. The van der Waals surface area contributed by atoms with Gasteiger partial charge in [0.2, 0.25) is 0 Å². The highest BCUT2D eigenvalue weighted by Crippen LogP contribution is 2.18. The Morgan fingerprint density at radius 3 is 2.94 bits per heavy atom. The fraction of sp³-hybridized carbons (Fsp3) is 0.333. The van der Waals surface area contributed by atoms with E-state index in [4.69, 9.17) is 11.6 Å². The molecule has 0 fully saturated rings. The van der Waals surface area contributed by atoms with E-state index in [1.165, 1.54) is 9.56 Å². The van der Waals surface area contributed by atoms with E-state index in [2.05, 4.69) is 16.5 Å². The van der Waals surface area contributed by atoms with Crippen LogP contribution >= 0.6 is 22.9 Å². The van der Waals surface area contributed by atoms with Gasteiger partial charge < -0.3 is 5.32 Å². The largest absolute Gasteiger partial charge is 0.352 e. The van der Waals surface area contributed by atoms with Crippen LogP contribution in [0.4, 0.5) is 0 Å². The molecule has 0 bridgehead atoms. The Hall–Kier alpha value is -1.33. The maximum absolute atomic E-state index is 12.0. The zero-order valence-corrected chi connectivity index (χ0v) is 11.8. The molecule has 2 aromatic rings. The number of thiophene rings is 1. The topological polar surface area (TPSA) is 46.9 Å². The maximum atomic E-state index is 12.0. The lowest BCUT2D eigenvalue weighted by molar-refractivity contribution is 0.0953. The van der Waals surface area contributed by atoms with Crippen LogP contribution in [0.5, 0.6) is 0 Å². The molecule has 2 aromatic heterocycles. The molecule has 6 heteroatoms. The van der Waals surface area contributed by atoms with Crippen LogP contribution < -0.4 is 5.32 Å². The van der Waals surface area contributed by atoms with Crippen molar-refractivity contribution in [3.8, 4) is 0 Å². The molecular formula is C12H14ClN3OS. The average molecular weight is 284 g/mol. The third kappa shape index (κ3) is 2.73. The lowest BCUT2D eigenvalue weighted by Crippen LogP contribution is -2.26. The number of aryl methyl sites for hydroxylation is 2. The molecule has 4 nitrogen and oxygen atoms in total. The molecule has 1 N–H and O–H groups in total. The minimum Gasteiger partial charge on any atom is -0.352 e. The van der Waals surface area contributed by atoms with Crippen molar-refractivity contribution in [2.24, 2.45) is 7.05 Å². The summed E-state index contributed by atoms with van der Waals surface area (Å²) in [5, 5.41) is 9.38. The Bertz CT molecular complexity index is 548. The standard InChI is InChI=1S/C12H14ClN3OS/c1-8-10(11(13)16(2)15-8)12(17)14-6-5-9-4-3-7-18-9/h3-4,7H,5-6H2,1-2H3,(H,14,17). The molecule has 0 atom stereocenters. The number of halogens is 1. The van der Waals surface area contributed by atoms with Crippen molar-refractivity contribution in [1.29, 1.82) is 0 Å². The van der Waals surface area contributed by atoms with E-state index in [0.29, 0.717) is 23.0 Å². The number of carbonyl (C=O) groups is 1. The van der Waals surface area contributed by atoms with Crippen LogP contribution in [0.25, 0.3) is 0 Å². The second-order valence-corrected chi connectivity index (χ2v) is 5.35. The van der Waals surface area contributed by atoms with Gasteiger partial charge in [0.25, 0.3) is 5.91 Å². The number of hydrogen-bond donors (Lipinski definition) is 1. The zero-order valence-electron chi connectivity index (χ0n) is 10.2. The van der Waals surface area contributed by atoms with E-state index < -0.39 is 0 Å². The predicted molar refractivity (Wildman–Crippen MR) is 73.3 cm³/mol. The smallest absolute Gasteiger partial charge is 0.256 e. The Morgan fingerprint density at radius 2 is 2.39 bits per heavy atom. The number of nitrogens with one attached hydrogen (secondary N) is 1. The van der Waals surface area contributed by atoms with Gasteiger partial charge in [0.05, 0.1) is 11.3 Å². The summed E-state index contributed by atoms with van der Waals surface area (Å²) in [5.41, 5.74) is 1.11. The number of carbonyl (C=O) groups excluding carboxylic acids is 1. The molecule has 0 saturated heterocycles. The van der Waals surface area contributed by atoms with Gasteiger partial charge >= 0.3 is 0 Å². The quantitative estimate of drug-likeness (QED) is 0.937. The fourth-order valence-corrected chi connectivity index (χ4v) is 2.70. The summed E-state index contributed by atoms with van der Waals surface area (Å²) >= 11 is 7.72. The Kier molecular flexibility index (Phi) is 4.04. The second kappa shape index (κ2) is 5.54. The van der Waals surface area contributed by atoms with Crippen LogP contribution in [0, 0.1) is 6.92 Å². The van der Waals surface area contributed by atoms with Crippen LogP contribution in [0.15, 0.2) is 17.5 Å². The van der Waals surface area contributed by atoms with E-state index in [0.717, 1.165) is 6.42 Å². The van der Waals surface area contributed by atoms with Gasteiger partial charge in [-0.1, -0.05) is 17.7 Å². The van der Waals surface area contributed by atoms with Gasteiger partial charge in [-0.2, -0.15) is 5.10 Å². The molecule has 96 valence electrons. The minimum absolute atomic E-state index is 0.165. The molecule has 0 saturated carbocycles. The van der Waals surface area contributed by atoms with Gasteiger partial charge in [-0.25, -0.2) is 0 Å².